The van der Waals surface area contributed by atoms with Crippen molar-refractivity contribution in [2.75, 3.05) is 10.5 Å². The molecule has 0 aliphatic rings. The number of rotatable bonds is 6. The smallest absolute Gasteiger partial charge is 0.356 e. The molecule has 1 heterocycles. The van der Waals surface area contributed by atoms with Gasteiger partial charge in [-0.05, 0) is 37.3 Å². The lowest BCUT2D eigenvalue weighted by molar-refractivity contribution is 0.0692. The zero-order valence-corrected chi connectivity index (χ0v) is 18.0. The molecule has 0 radical (unpaired) electrons. The highest BCUT2D eigenvalue weighted by molar-refractivity contribution is 7.90. The summed E-state index contributed by atoms with van der Waals surface area (Å²) in [6.45, 7) is 9.47. The van der Waals surface area contributed by atoms with E-state index in [4.69, 9.17) is 10.8 Å². The molecule has 0 aliphatic carbocycles. The van der Waals surface area contributed by atoms with Gasteiger partial charge in [0.1, 0.15) is 11.0 Å². The lowest BCUT2D eigenvalue weighted by atomic mass is 10.1. The summed E-state index contributed by atoms with van der Waals surface area (Å²) < 4.78 is 15.5. The number of nitrogens with one attached hydrogen (secondary N) is 1. The van der Waals surface area contributed by atoms with Crippen molar-refractivity contribution < 1.29 is 14.1 Å². The number of benzene rings is 1. The van der Waals surface area contributed by atoms with Crippen LogP contribution in [0.5, 0.6) is 0 Å². The predicted octanol–water partition coefficient (Wildman–Crippen LogP) is 4.51. The van der Waals surface area contributed by atoms with E-state index in [2.05, 4.69) is 28.1 Å². The molecule has 0 saturated carbocycles. The Morgan fingerprint density at radius 2 is 2.00 bits per heavy atom. The van der Waals surface area contributed by atoms with E-state index < -0.39 is 17.0 Å². The Hall–Kier alpha value is -3.63. The Morgan fingerprint density at radius 1 is 1.30 bits per heavy atom. The fraction of sp³-hybridized carbons (Fsp3) is 0.130. The molecule has 0 bridgehead atoms. The Bertz CT molecular complexity index is 1050. The summed E-state index contributed by atoms with van der Waals surface area (Å²) in [6, 6.07) is 8.61. The van der Waals surface area contributed by atoms with E-state index in [1.807, 2.05) is 26.8 Å². The number of pyridine rings is 1. The lowest BCUT2D eigenvalue weighted by Crippen LogP contribution is -2.07. The SMILES string of the molecule is C=C/C=C(\C=C/C)S(=O)Nc1ccccc1C#Cc1cnc(C(=O)O)c(N)c1.CC. The number of nitrogens with two attached hydrogens (primary N) is 1. The molecule has 1 aromatic heterocycles. The molecule has 1 unspecified atom stereocenters. The number of hydrogen-bond donors (Lipinski definition) is 3. The molecule has 2 rings (SSSR count). The zero-order chi connectivity index (χ0) is 22.5. The van der Waals surface area contributed by atoms with Crippen LogP contribution < -0.4 is 10.5 Å². The van der Waals surface area contributed by atoms with Gasteiger partial charge in [-0.15, -0.1) is 0 Å². The monoisotopic (exact) mass is 423 g/mol. The van der Waals surface area contributed by atoms with Gasteiger partial charge in [0.05, 0.1) is 16.3 Å². The standard InChI is InChI=1S/C21H19N3O3S.C2H6/c1-3-7-17(8-4-2)28(27)24-19-10-6-5-9-16(19)12-11-15-13-18(22)20(21(25)26)23-14-15;1-2/h3-10,13-14,24H,1,22H2,2H3,(H,25,26);1-2H3/b8-4-,17-7+;. The van der Waals surface area contributed by atoms with Gasteiger partial charge < -0.3 is 10.8 Å². The van der Waals surface area contributed by atoms with Gasteiger partial charge in [0, 0.05) is 17.3 Å². The van der Waals surface area contributed by atoms with Crippen LogP contribution in [0.15, 0.2) is 72.3 Å². The third kappa shape index (κ3) is 7.08. The lowest BCUT2D eigenvalue weighted by Gasteiger charge is -2.08. The van der Waals surface area contributed by atoms with Crippen molar-refractivity contribution in [2.45, 2.75) is 20.8 Å². The van der Waals surface area contributed by atoms with Crippen LogP contribution in [0, 0.1) is 11.8 Å². The van der Waals surface area contributed by atoms with Crippen molar-refractivity contribution >= 4 is 28.3 Å². The molecule has 0 saturated heterocycles. The summed E-state index contributed by atoms with van der Waals surface area (Å²) in [5.74, 6) is 4.66. The van der Waals surface area contributed by atoms with E-state index in [1.54, 1.807) is 42.5 Å². The summed E-state index contributed by atoms with van der Waals surface area (Å²) in [6.07, 6.45) is 8.10. The van der Waals surface area contributed by atoms with E-state index in [1.165, 1.54) is 12.3 Å². The molecule has 4 N–H and O–H groups in total. The molecule has 0 spiro atoms. The summed E-state index contributed by atoms with van der Waals surface area (Å²) in [7, 11) is -1.49. The minimum atomic E-state index is -1.49. The number of para-hydroxylation sites is 1. The number of allylic oxidation sites excluding steroid dienone is 4. The van der Waals surface area contributed by atoms with Crippen LogP contribution in [0.3, 0.4) is 0 Å². The normalized spacial score (nSPS) is 11.5. The molecule has 7 heteroatoms. The van der Waals surface area contributed by atoms with E-state index in [-0.39, 0.29) is 11.4 Å². The fourth-order valence-corrected chi connectivity index (χ4v) is 3.14. The number of carboxylic acid groups (broad SMARTS) is 1. The number of aromatic carboxylic acids is 1. The predicted molar refractivity (Wildman–Crippen MR) is 124 cm³/mol. The fourth-order valence-electron chi connectivity index (χ4n) is 2.17. The number of hydrogen-bond acceptors (Lipinski definition) is 4. The maximum absolute atomic E-state index is 12.6. The first-order valence-electron chi connectivity index (χ1n) is 9.20. The first-order valence-corrected chi connectivity index (χ1v) is 10.3. The molecular formula is C23H25N3O3S. The molecule has 30 heavy (non-hydrogen) atoms. The maximum Gasteiger partial charge on any atom is 0.356 e. The van der Waals surface area contributed by atoms with Gasteiger partial charge in [-0.1, -0.05) is 56.6 Å². The molecular weight excluding hydrogens is 398 g/mol. The minimum absolute atomic E-state index is 0.0392. The summed E-state index contributed by atoms with van der Waals surface area (Å²) in [5, 5.41) is 8.97. The van der Waals surface area contributed by atoms with E-state index >= 15 is 0 Å². The van der Waals surface area contributed by atoms with Crippen molar-refractivity contribution in [1.29, 1.82) is 0 Å². The highest BCUT2D eigenvalue weighted by Gasteiger charge is 2.09. The van der Waals surface area contributed by atoms with Crippen molar-refractivity contribution in [1.82, 2.24) is 4.98 Å². The molecule has 0 fully saturated rings. The second kappa shape index (κ2) is 12.8. The van der Waals surface area contributed by atoms with Crippen LogP contribution in [0.1, 0.15) is 42.4 Å². The Kier molecular flexibility index (Phi) is 10.4. The zero-order valence-electron chi connectivity index (χ0n) is 17.2. The van der Waals surface area contributed by atoms with Crippen molar-refractivity contribution in [3.8, 4) is 11.8 Å². The van der Waals surface area contributed by atoms with Gasteiger partial charge in [-0.25, -0.2) is 14.0 Å². The molecule has 6 nitrogen and oxygen atoms in total. The van der Waals surface area contributed by atoms with Crippen LogP contribution >= 0.6 is 0 Å². The van der Waals surface area contributed by atoms with Gasteiger partial charge in [-0.3, -0.25) is 4.72 Å². The highest BCUT2D eigenvalue weighted by Crippen LogP contribution is 2.18. The summed E-state index contributed by atoms with van der Waals surface area (Å²) >= 11 is 0. The number of nitrogen functional groups attached to an aromatic ring is 1. The third-order valence-corrected chi connectivity index (χ3v) is 4.52. The summed E-state index contributed by atoms with van der Waals surface area (Å²) in [5.41, 5.74) is 7.20. The second-order valence-electron chi connectivity index (χ2n) is 5.44. The van der Waals surface area contributed by atoms with E-state index in [0.29, 0.717) is 21.7 Å². The number of nitrogens with zero attached hydrogens (tertiary/aromatic N) is 1. The molecule has 1 aromatic carbocycles. The van der Waals surface area contributed by atoms with Crippen LogP contribution in [-0.2, 0) is 11.0 Å². The van der Waals surface area contributed by atoms with Crippen molar-refractivity contribution in [3.05, 3.63) is 89.1 Å². The van der Waals surface area contributed by atoms with Gasteiger partial charge in [0.2, 0.25) is 0 Å². The second-order valence-corrected chi connectivity index (χ2v) is 6.65. The van der Waals surface area contributed by atoms with Gasteiger partial charge >= 0.3 is 5.97 Å². The van der Waals surface area contributed by atoms with E-state index in [0.717, 1.165) is 0 Å². The molecule has 2 aromatic rings. The molecule has 1 atom stereocenters. The quantitative estimate of drug-likeness (QED) is 0.468. The maximum atomic E-state index is 12.6. The number of carbonyl (C=O) groups is 1. The van der Waals surface area contributed by atoms with Gasteiger partial charge in [-0.2, -0.15) is 0 Å². The number of carboxylic acids is 1. The van der Waals surface area contributed by atoms with Crippen LogP contribution in [-0.4, -0.2) is 20.3 Å². The van der Waals surface area contributed by atoms with E-state index in [9.17, 15) is 9.00 Å². The molecule has 156 valence electrons. The Labute approximate surface area is 179 Å². The first-order chi connectivity index (χ1) is 14.5. The third-order valence-electron chi connectivity index (χ3n) is 3.42. The molecule has 0 aliphatic heterocycles. The van der Waals surface area contributed by atoms with Gasteiger partial charge in [0.25, 0.3) is 0 Å². The van der Waals surface area contributed by atoms with Crippen LogP contribution in [0.25, 0.3) is 0 Å². The number of anilines is 2. The molecule has 0 amide bonds. The van der Waals surface area contributed by atoms with Gasteiger partial charge in [0.15, 0.2) is 5.69 Å². The Balaban J connectivity index is 0.00000218. The van der Waals surface area contributed by atoms with Crippen LogP contribution in [0.2, 0.25) is 0 Å². The number of aromatic nitrogens is 1. The largest absolute Gasteiger partial charge is 0.476 e. The highest BCUT2D eigenvalue weighted by atomic mass is 32.2. The Morgan fingerprint density at radius 3 is 2.60 bits per heavy atom. The minimum Gasteiger partial charge on any atom is -0.476 e. The van der Waals surface area contributed by atoms with Crippen molar-refractivity contribution in [2.24, 2.45) is 0 Å². The van der Waals surface area contributed by atoms with Crippen LogP contribution in [0.4, 0.5) is 11.4 Å². The first kappa shape index (κ1) is 24.4. The topological polar surface area (TPSA) is 105 Å². The summed E-state index contributed by atoms with van der Waals surface area (Å²) in [4.78, 5) is 15.4. The van der Waals surface area contributed by atoms with Crippen molar-refractivity contribution in [3.63, 3.8) is 0 Å². The average Bonchev–Trinajstić information content (AvgIpc) is 2.74. The average molecular weight is 424 g/mol.